The lowest BCUT2D eigenvalue weighted by Crippen LogP contribution is -2.49. The van der Waals surface area contributed by atoms with Crippen molar-refractivity contribution in [2.24, 2.45) is 7.05 Å². The first-order chi connectivity index (χ1) is 13.8. The average Bonchev–Trinajstić information content (AvgIpc) is 3.02. The molecule has 2 N–H and O–H groups in total. The van der Waals surface area contributed by atoms with Crippen molar-refractivity contribution in [2.75, 3.05) is 0 Å². The molecule has 0 spiro atoms. The first-order valence-corrected chi connectivity index (χ1v) is 9.27. The minimum Gasteiger partial charge on any atom is -0.548 e. The Balaban J connectivity index is 1.73. The molecule has 3 aromatic rings. The van der Waals surface area contributed by atoms with Crippen LogP contribution in [0.25, 0.3) is 10.9 Å². The van der Waals surface area contributed by atoms with Crippen LogP contribution >= 0.6 is 11.6 Å². The Morgan fingerprint density at radius 3 is 2.38 bits per heavy atom. The summed E-state index contributed by atoms with van der Waals surface area (Å²) in [6.45, 7) is 1.48. The zero-order valence-electron chi connectivity index (χ0n) is 15.8. The zero-order chi connectivity index (χ0) is 21.1. The van der Waals surface area contributed by atoms with Gasteiger partial charge in [0.05, 0.1) is 12.0 Å². The van der Waals surface area contributed by atoms with Crippen molar-refractivity contribution < 1.29 is 19.5 Å². The van der Waals surface area contributed by atoms with Gasteiger partial charge in [0.15, 0.2) is 0 Å². The second-order valence-electron chi connectivity index (χ2n) is 6.66. The molecule has 2 amide bonds. The number of benzene rings is 2. The third-order valence-corrected chi connectivity index (χ3v) is 4.87. The molecule has 8 heteroatoms. The Morgan fingerprint density at radius 1 is 1.03 bits per heavy atom. The van der Waals surface area contributed by atoms with Crippen LogP contribution in [0.3, 0.4) is 0 Å². The standard InChI is InChI=1S/C21H20ClN3O4/c1-12(19(26)24-18(21(28)29)13-6-4-3-5-7-13)23-20(27)17-11-14-10-15(22)8-9-16(14)25(17)2/h3-12,18H,1-2H3,(H,23,27)(H,24,26)(H,28,29)/p-1/t12-,18+/m0/s1. The quantitative estimate of drug-likeness (QED) is 0.641. The number of aryl methyl sites for hydroxylation is 1. The van der Waals surface area contributed by atoms with Gasteiger partial charge in [0, 0.05) is 23.0 Å². The van der Waals surface area contributed by atoms with Crippen LogP contribution in [0.2, 0.25) is 5.02 Å². The highest BCUT2D eigenvalue weighted by Gasteiger charge is 2.23. The Bertz CT molecular complexity index is 1080. The third kappa shape index (κ3) is 4.41. The van der Waals surface area contributed by atoms with Gasteiger partial charge in [-0.25, -0.2) is 0 Å². The van der Waals surface area contributed by atoms with Crippen molar-refractivity contribution in [3.63, 3.8) is 0 Å². The lowest BCUT2D eigenvalue weighted by atomic mass is 10.1. The number of nitrogens with one attached hydrogen (secondary N) is 2. The number of hydrogen-bond acceptors (Lipinski definition) is 4. The van der Waals surface area contributed by atoms with Gasteiger partial charge < -0.3 is 25.1 Å². The number of fused-ring (bicyclic) bond motifs is 1. The molecule has 0 unspecified atom stereocenters. The first-order valence-electron chi connectivity index (χ1n) is 8.90. The number of aliphatic carboxylic acids is 1. The van der Waals surface area contributed by atoms with Crippen molar-refractivity contribution in [2.45, 2.75) is 19.0 Å². The highest BCUT2D eigenvalue weighted by Crippen LogP contribution is 2.22. The van der Waals surface area contributed by atoms with Crippen LogP contribution in [0.1, 0.15) is 29.0 Å². The van der Waals surface area contributed by atoms with Gasteiger partial charge in [0.2, 0.25) is 5.91 Å². The maximum atomic E-state index is 12.7. The maximum Gasteiger partial charge on any atom is 0.268 e. The largest absolute Gasteiger partial charge is 0.548 e. The summed E-state index contributed by atoms with van der Waals surface area (Å²) in [5, 5.41) is 17.8. The lowest BCUT2D eigenvalue weighted by molar-refractivity contribution is -0.308. The monoisotopic (exact) mass is 412 g/mol. The molecule has 3 rings (SSSR count). The van der Waals surface area contributed by atoms with E-state index >= 15 is 0 Å². The minimum absolute atomic E-state index is 0.349. The molecule has 0 aliphatic carbocycles. The molecular formula is C21H19ClN3O4-. The molecule has 29 heavy (non-hydrogen) atoms. The summed E-state index contributed by atoms with van der Waals surface area (Å²) in [5.41, 5.74) is 1.55. The molecule has 150 valence electrons. The number of carbonyl (C=O) groups excluding carboxylic acids is 3. The van der Waals surface area contributed by atoms with Crippen LogP contribution in [0.5, 0.6) is 0 Å². The average molecular weight is 413 g/mol. The van der Waals surface area contributed by atoms with Crippen molar-refractivity contribution in [3.05, 3.63) is 70.9 Å². The summed E-state index contributed by atoms with van der Waals surface area (Å²) >= 11 is 5.99. The third-order valence-electron chi connectivity index (χ3n) is 4.63. The predicted molar refractivity (Wildman–Crippen MR) is 107 cm³/mol. The molecule has 0 saturated carbocycles. The minimum atomic E-state index is -1.44. The molecule has 1 heterocycles. The Hall–Kier alpha value is -3.32. The molecule has 1 aromatic heterocycles. The summed E-state index contributed by atoms with van der Waals surface area (Å²) in [6.07, 6.45) is 0. The van der Waals surface area contributed by atoms with E-state index in [1.807, 2.05) is 0 Å². The van der Waals surface area contributed by atoms with Gasteiger partial charge in [0.25, 0.3) is 5.91 Å². The molecule has 0 radical (unpaired) electrons. The zero-order valence-corrected chi connectivity index (χ0v) is 16.6. The van der Waals surface area contributed by atoms with Crippen LogP contribution in [0.15, 0.2) is 54.6 Å². The Kier molecular flexibility index (Phi) is 5.89. The molecule has 0 aliphatic heterocycles. The number of aromatic nitrogens is 1. The predicted octanol–water partition coefficient (Wildman–Crippen LogP) is 1.56. The number of carboxylic acid groups (broad SMARTS) is 1. The van der Waals surface area contributed by atoms with E-state index in [1.54, 1.807) is 66.2 Å². The SMILES string of the molecule is C[C@H](NC(=O)c1cc2cc(Cl)ccc2n1C)C(=O)N[C@@H](C(=O)[O-])c1ccccc1. The smallest absolute Gasteiger partial charge is 0.268 e. The highest BCUT2D eigenvalue weighted by atomic mass is 35.5. The van der Waals surface area contributed by atoms with E-state index in [0.29, 0.717) is 16.3 Å². The van der Waals surface area contributed by atoms with Crippen LogP contribution < -0.4 is 15.7 Å². The molecule has 0 saturated heterocycles. The van der Waals surface area contributed by atoms with Crippen LogP contribution in [0.4, 0.5) is 0 Å². The van der Waals surface area contributed by atoms with Crippen LogP contribution in [0, 0.1) is 0 Å². The van der Waals surface area contributed by atoms with Crippen molar-refractivity contribution >= 4 is 40.3 Å². The highest BCUT2D eigenvalue weighted by molar-refractivity contribution is 6.31. The molecule has 0 bridgehead atoms. The summed E-state index contributed by atoms with van der Waals surface area (Å²) < 4.78 is 1.69. The summed E-state index contributed by atoms with van der Waals surface area (Å²) in [4.78, 5) is 36.6. The van der Waals surface area contributed by atoms with Crippen molar-refractivity contribution in [3.8, 4) is 0 Å². The fraction of sp³-hybridized carbons (Fsp3) is 0.190. The van der Waals surface area contributed by atoms with Gasteiger partial charge >= 0.3 is 0 Å². The van der Waals surface area contributed by atoms with Gasteiger partial charge in [-0.05, 0) is 36.8 Å². The fourth-order valence-electron chi connectivity index (χ4n) is 3.07. The Labute approximate surface area is 172 Å². The summed E-state index contributed by atoms with van der Waals surface area (Å²) in [6, 6.07) is 12.9. The molecular weight excluding hydrogens is 394 g/mol. The second kappa shape index (κ2) is 8.36. The maximum absolute atomic E-state index is 12.7. The molecule has 0 aliphatic rings. The van der Waals surface area contributed by atoms with E-state index < -0.39 is 29.9 Å². The van der Waals surface area contributed by atoms with E-state index in [0.717, 1.165) is 10.9 Å². The van der Waals surface area contributed by atoms with Gasteiger partial charge in [0.1, 0.15) is 11.7 Å². The van der Waals surface area contributed by atoms with E-state index in [4.69, 9.17) is 11.6 Å². The van der Waals surface area contributed by atoms with Crippen LogP contribution in [-0.2, 0) is 16.6 Å². The van der Waals surface area contributed by atoms with Gasteiger partial charge in [-0.2, -0.15) is 0 Å². The van der Waals surface area contributed by atoms with Crippen LogP contribution in [-0.4, -0.2) is 28.4 Å². The number of carboxylic acids is 1. The van der Waals surface area contributed by atoms with E-state index in [9.17, 15) is 19.5 Å². The number of rotatable bonds is 6. The van der Waals surface area contributed by atoms with Gasteiger partial charge in [-0.3, -0.25) is 9.59 Å². The molecule has 0 fully saturated rings. The van der Waals surface area contributed by atoms with Gasteiger partial charge in [-0.15, -0.1) is 0 Å². The molecule has 2 atom stereocenters. The van der Waals surface area contributed by atoms with E-state index in [2.05, 4.69) is 10.6 Å². The number of hydrogen-bond donors (Lipinski definition) is 2. The van der Waals surface area contributed by atoms with E-state index in [-0.39, 0.29) is 0 Å². The number of amides is 2. The lowest BCUT2D eigenvalue weighted by Gasteiger charge is -2.22. The summed E-state index contributed by atoms with van der Waals surface area (Å²) in [7, 11) is 1.73. The number of carbonyl (C=O) groups is 3. The number of nitrogens with zero attached hydrogens (tertiary/aromatic N) is 1. The Morgan fingerprint density at radius 2 is 1.72 bits per heavy atom. The van der Waals surface area contributed by atoms with Gasteiger partial charge in [-0.1, -0.05) is 41.9 Å². The van der Waals surface area contributed by atoms with Crippen molar-refractivity contribution in [1.82, 2.24) is 15.2 Å². The van der Waals surface area contributed by atoms with Crippen molar-refractivity contribution in [1.29, 1.82) is 0 Å². The summed E-state index contributed by atoms with van der Waals surface area (Å²) in [5.74, 6) is -2.54. The number of halogens is 1. The fourth-order valence-corrected chi connectivity index (χ4v) is 3.25. The topological polar surface area (TPSA) is 103 Å². The normalized spacial score (nSPS) is 12.9. The van der Waals surface area contributed by atoms with E-state index in [1.165, 1.54) is 6.92 Å². The molecule has 2 aromatic carbocycles. The first kappa shape index (κ1) is 20.4. The second-order valence-corrected chi connectivity index (χ2v) is 7.09. The molecule has 7 nitrogen and oxygen atoms in total.